The van der Waals surface area contributed by atoms with Gasteiger partial charge in [0.15, 0.2) is 0 Å². The summed E-state index contributed by atoms with van der Waals surface area (Å²) >= 11 is 0. The van der Waals surface area contributed by atoms with Crippen molar-refractivity contribution in [3.8, 4) is 0 Å². The number of aryl methyl sites for hydroxylation is 1. The molecule has 1 atom stereocenters. The van der Waals surface area contributed by atoms with Crippen LogP contribution >= 0.6 is 0 Å². The molecule has 1 rings (SSSR count). The molecule has 0 saturated carbocycles. The van der Waals surface area contributed by atoms with Gasteiger partial charge >= 0.3 is 0 Å². The summed E-state index contributed by atoms with van der Waals surface area (Å²) in [6, 6.07) is 8.30. The van der Waals surface area contributed by atoms with E-state index in [9.17, 15) is 8.42 Å². The Morgan fingerprint density at radius 2 is 1.62 bits per heavy atom. The van der Waals surface area contributed by atoms with Crippen LogP contribution in [0.3, 0.4) is 0 Å². The summed E-state index contributed by atoms with van der Waals surface area (Å²) in [7, 11) is -0.346. The second kappa shape index (κ2) is 7.89. The van der Waals surface area contributed by atoms with Crippen LogP contribution in [0.25, 0.3) is 0 Å². The van der Waals surface area contributed by atoms with Crippen LogP contribution in [0.2, 0.25) is 0 Å². The van der Waals surface area contributed by atoms with E-state index in [0.29, 0.717) is 6.54 Å². The smallest absolute Gasteiger partial charge is 0.278 e. The highest BCUT2D eigenvalue weighted by molar-refractivity contribution is 7.87. The molecule has 120 valence electrons. The molecule has 5 nitrogen and oxygen atoms in total. The fraction of sp³-hybridized carbons (Fsp3) is 0.600. The molecule has 1 N–H and O–H groups in total. The van der Waals surface area contributed by atoms with Gasteiger partial charge in [0.2, 0.25) is 0 Å². The zero-order valence-corrected chi connectivity index (χ0v) is 14.4. The molecule has 0 radical (unpaired) electrons. The van der Waals surface area contributed by atoms with Gasteiger partial charge in [0.05, 0.1) is 0 Å². The molecule has 1 aromatic rings. The summed E-state index contributed by atoms with van der Waals surface area (Å²) in [5.74, 6) is 0. The number of nitrogens with one attached hydrogen (secondary N) is 1. The lowest BCUT2D eigenvalue weighted by molar-refractivity contribution is 0.219. The van der Waals surface area contributed by atoms with Crippen LogP contribution in [0, 0.1) is 6.92 Å². The third kappa shape index (κ3) is 5.07. The molecule has 1 aromatic carbocycles. The average Bonchev–Trinajstić information content (AvgIpc) is 2.44. The van der Waals surface area contributed by atoms with Crippen molar-refractivity contribution in [1.82, 2.24) is 13.9 Å². The minimum atomic E-state index is -3.40. The molecule has 0 amide bonds. The van der Waals surface area contributed by atoms with Crippen molar-refractivity contribution in [2.75, 3.05) is 33.7 Å². The number of hydrogen-bond donors (Lipinski definition) is 1. The number of nitrogens with zero attached hydrogens (tertiary/aromatic N) is 2. The number of benzene rings is 1. The first-order chi connectivity index (χ1) is 9.81. The van der Waals surface area contributed by atoms with Crippen LogP contribution in [0.1, 0.15) is 31.0 Å². The summed E-state index contributed by atoms with van der Waals surface area (Å²) in [6.07, 6.45) is 0. The molecule has 0 saturated heterocycles. The summed E-state index contributed by atoms with van der Waals surface area (Å²) in [6.45, 7) is 8.34. The van der Waals surface area contributed by atoms with Gasteiger partial charge in [-0.1, -0.05) is 43.7 Å². The topological polar surface area (TPSA) is 52.7 Å². The van der Waals surface area contributed by atoms with E-state index in [1.807, 2.05) is 6.92 Å². The lowest BCUT2D eigenvalue weighted by Crippen LogP contribution is -2.42. The molecule has 0 heterocycles. The van der Waals surface area contributed by atoms with Crippen LogP contribution < -0.4 is 4.72 Å². The Hall–Kier alpha value is -0.950. The Bertz CT molecular complexity index is 522. The van der Waals surface area contributed by atoms with Crippen molar-refractivity contribution in [1.29, 1.82) is 0 Å². The molecule has 0 fully saturated rings. The van der Waals surface area contributed by atoms with Gasteiger partial charge in [-0.25, -0.2) is 4.72 Å². The van der Waals surface area contributed by atoms with Gasteiger partial charge in [0, 0.05) is 26.7 Å². The molecule has 0 aliphatic rings. The van der Waals surface area contributed by atoms with E-state index in [-0.39, 0.29) is 6.04 Å². The Labute approximate surface area is 129 Å². The molecular formula is C15H27N3O2S. The Kier molecular flexibility index (Phi) is 6.80. The maximum atomic E-state index is 11.9. The molecular weight excluding hydrogens is 286 g/mol. The van der Waals surface area contributed by atoms with Crippen LogP contribution in [-0.4, -0.2) is 51.4 Å². The first-order valence-electron chi connectivity index (χ1n) is 7.29. The lowest BCUT2D eigenvalue weighted by atomic mass is 10.0. The minimum absolute atomic E-state index is 0.0373. The van der Waals surface area contributed by atoms with Gasteiger partial charge in [0.1, 0.15) is 0 Å². The van der Waals surface area contributed by atoms with Gasteiger partial charge in [-0.15, -0.1) is 0 Å². The van der Waals surface area contributed by atoms with Gasteiger partial charge in [-0.05, 0) is 25.6 Å². The molecule has 6 heteroatoms. The Morgan fingerprint density at radius 1 is 1.10 bits per heavy atom. The van der Waals surface area contributed by atoms with Gasteiger partial charge in [0.25, 0.3) is 10.2 Å². The third-order valence-electron chi connectivity index (χ3n) is 3.66. The van der Waals surface area contributed by atoms with Crippen molar-refractivity contribution >= 4 is 10.2 Å². The second-order valence-corrected chi connectivity index (χ2v) is 7.25. The SMILES string of the molecule is CCN(CC)C(CNS(=O)(=O)N(C)C)c1ccc(C)cc1. The number of hydrogen-bond acceptors (Lipinski definition) is 3. The van der Waals surface area contributed by atoms with E-state index in [2.05, 4.69) is 47.7 Å². The predicted octanol–water partition coefficient (Wildman–Crippen LogP) is 1.77. The first-order valence-corrected chi connectivity index (χ1v) is 8.73. The third-order valence-corrected chi connectivity index (χ3v) is 5.15. The van der Waals surface area contributed by atoms with Crippen molar-refractivity contribution in [3.05, 3.63) is 35.4 Å². The molecule has 0 aliphatic heterocycles. The number of likely N-dealkylation sites (N-methyl/N-ethyl adjacent to an activating group) is 1. The van der Waals surface area contributed by atoms with Crippen molar-refractivity contribution in [3.63, 3.8) is 0 Å². The fourth-order valence-electron chi connectivity index (χ4n) is 2.22. The summed E-state index contributed by atoms with van der Waals surface area (Å²) in [5, 5.41) is 0. The standard InChI is InChI=1S/C15H27N3O2S/c1-6-18(7-2)15(12-16-21(19,20)17(4)5)14-10-8-13(3)9-11-14/h8-11,15-16H,6-7,12H2,1-5H3. The first kappa shape index (κ1) is 18.1. The maximum absolute atomic E-state index is 11.9. The molecule has 1 unspecified atom stereocenters. The maximum Gasteiger partial charge on any atom is 0.278 e. The second-order valence-electron chi connectivity index (χ2n) is 5.28. The van der Waals surface area contributed by atoms with Crippen molar-refractivity contribution in [2.45, 2.75) is 26.8 Å². The van der Waals surface area contributed by atoms with Crippen LogP contribution in [0.15, 0.2) is 24.3 Å². The van der Waals surface area contributed by atoms with Crippen LogP contribution in [0.5, 0.6) is 0 Å². The van der Waals surface area contributed by atoms with E-state index in [0.717, 1.165) is 18.7 Å². The molecule has 0 aromatic heterocycles. The zero-order chi connectivity index (χ0) is 16.0. The van der Waals surface area contributed by atoms with E-state index in [4.69, 9.17) is 0 Å². The van der Waals surface area contributed by atoms with Gasteiger partial charge in [-0.3, -0.25) is 4.90 Å². The van der Waals surface area contributed by atoms with Crippen molar-refractivity contribution in [2.24, 2.45) is 0 Å². The highest BCUT2D eigenvalue weighted by atomic mass is 32.2. The highest BCUT2D eigenvalue weighted by Crippen LogP contribution is 2.20. The molecule has 0 bridgehead atoms. The quantitative estimate of drug-likeness (QED) is 0.796. The molecule has 0 aliphatic carbocycles. The van der Waals surface area contributed by atoms with E-state index < -0.39 is 10.2 Å². The number of rotatable bonds is 8. The predicted molar refractivity (Wildman–Crippen MR) is 87.5 cm³/mol. The summed E-state index contributed by atoms with van der Waals surface area (Å²) < 4.78 is 27.7. The van der Waals surface area contributed by atoms with E-state index in [1.54, 1.807) is 0 Å². The van der Waals surface area contributed by atoms with Gasteiger partial charge in [-0.2, -0.15) is 12.7 Å². The van der Waals surface area contributed by atoms with E-state index in [1.165, 1.54) is 24.0 Å². The Balaban J connectivity index is 2.96. The van der Waals surface area contributed by atoms with Crippen molar-refractivity contribution < 1.29 is 8.42 Å². The summed E-state index contributed by atoms with van der Waals surface area (Å²) in [5.41, 5.74) is 2.33. The Morgan fingerprint density at radius 3 is 2.05 bits per heavy atom. The highest BCUT2D eigenvalue weighted by Gasteiger charge is 2.21. The van der Waals surface area contributed by atoms with Crippen LogP contribution in [0.4, 0.5) is 0 Å². The minimum Gasteiger partial charge on any atom is -0.296 e. The van der Waals surface area contributed by atoms with Gasteiger partial charge < -0.3 is 0 Å². The van der Waals surface area contributed by atoms with Crippen LogP contribution in [-0.2, 0) is 10.2 Å². The monoisotopic (exact) mass is 313 g/mol. The molecule has 21 heavy (non-hydrogen) atoms. The normalized spacial score (nSPS) is 13.9. The van der Waals surface area contributed by atoms with E-state index >= 15 is 0 Å². The lowest BCUT2D eigenvalue weighted by Gasteiger charge is -2.30. The molecule has 0 spiro atoms. The average molecular weight is 313 g/mol. The zero-order valence-electron chi connectivity index (χ0n) is 13.6. The fourth-order valence-corrected chi connectivity index (χ4v) is 2.85. The summed E-state index contributed by atoms with van der Waals surface area (Å²) in [4.78, 5) is 2.25. The largest absolute Gasteiger partial charge is 0.296 e.